The van der Waals surface area contributed by atoms with Crippen LogP contribution < -0.4 is 0 Å². The molecule has 0 N–H and O–H groups in total. The second kappa shape index (κ2) is 3.39. The lowest BCUT2D eigenvalue weighted by molar-refractivity contribution is 0.270. The molecule has 0 aromatic rings. The van der Waals surface area contributed by atoms with Crippen LogP contribution in [0, 0.1) is 0 Å². The Hall–Kier alpha value is 0.354. The Bertz CT molecular complexity index is 65.1. The molecule has 8 heavy (non-hydrogen) atoms. The molecule has 0 heterocycles. The molecule has 0 fully saturated rings. The van der Waals surface area contributed by atoms with Gasteiger partial charge in [-0.05, 0) is 20.0 Å². The molecule has 0 unspecified atom stereocenters. The molecule has 0 rings (SSSR count). The second-order valence-corrected chi connectivity index (χ2v) is 6.76. The van der Waals surface area contributed by atoms with Gasteiger partial charge in [-0.1, -0.05) is 0 Å². The van der Waals surface area contributed by atoms with E-state index in [0.717, 1.165) is 17.1 Å². The molecular formula is C4H14O2Si2. The summed E-state index contributed by atoms with van der Waals surface area (Å²) in [5.74, 6) is 0. The van der Waals surface area contributed by atoms with Gasteiger partial charge >= 0.3 is 8.56 Å². The summed E-state index contributed by atoms with van der Waals surface area (Å²) in [5, 5.41) is 0. The number of hydrogen-bond acceptors (Lipinski definition) is 2. The highest BCUT2D eigenvalue weighted by Gasteiger charge is 2.19. The van der Waals surface area contributed by atoms with E-state index in [9.17, 15) is 0 Å². The summed E-state index contributed by atoms with van der Waals surface area (Å²) in [6.45, 7) is 6.89. The average Bonchev–Trinajstić information content (AvgIpc) is 1.67. The highest BCUT2D eigenvalue weighted by molar-refractivity contribution is 6.67. The molecule has 0 spiro atoms. The smallest absolute Gasteiger partial charge is 0.320 e. The van der Waals surface area contributed by atoms with Crippen LogP contribution in [-0.4, -0.2) is 25.7 Å². The maximum atomic E-state index is 5.33. The van der Waals surface area contributed by atoms with Crippen LogP contribution in [0.25, 0.3) is 0 Å². The van der Waals surface area contributed by atoms with E-state index in [4.69, 9.17) is 8.54 Å². The lowest BCUT2D eigenvalue weighted by Crippen LogP contribution is -2.33. The van der Waals surface area contributed by atoms with Crippen molar-refractivity contribution in [1.29, 1.82) is 0 Å². The highest BCUT2D eigenvalue weighted by Crippen LogP contribution is 2.01. The standard InChI is InChI=1S/C4H14O2Si2/c1-4-5-8(2,3)6-7/h4H2,1-3,7H3. The van der Waals surface area contributed by atoms with Crippen molar-refractivity contribution >= 4 is 19.0 Å². The Balaban J connectivity index is 3.37. The minimum atomic E-state index is -1.62. The summed E-state index contributed by atoms with van der Waals surface area (Å²) in [5.41, 5.74) is 0. The Labute approximate surface area is 55.0 Å². The summed E-state index contributed by atoms with van der Waals surface area (Å²) in [6.07, 6.45) is 0. The van der Waals surface area contributed by atoms with E-state index < -0.39 is 8.56 Å². The first kappa shape index (κ1) is 8.35. The Morgan fingerprint density at radius 2 is 2.00 bits per heavy atom. The van der Waals surface area contributed by atoms with Crippen molar-refractivity contribution in [3.8, 4) is 0 Å². The molecule has 0 radical (unpaired) electrons. The van der Waals surface area contributed by atoms with Crippen molar-refractivity contribution in [2.75, 3.05) is 6.61 Å². The van der Waals surface area contributed by atoms with Crippen LogP contribution in [0.2, 0.25) is 13.1 Å². The second-order valence-electron chi connectivity index (χ2n) is 2.04. The third-order valence-corrected chi connectivity index (χ3v) is 5.90. The number of hydrogen-bond donors (Lipinski definition) is 0. The first-order valence-electron chi connectivity index (χ1n) is 2.81. The van der Waals surface area contributed by atoms with Gasteiger partial charge in [-0.3, -0.25) is 0 Å². The lowest BCUT2D eigenvalue weighted by Gasteiger charge is -2.18. The molecule has 0 aliphatic rings. The fourth-order valence-electron chi connectivity index (χ4n) is 0.407. The van der Waals surface area contributed by atoms with E-state index in [1.54, 1.807) is 0 Å². The highest BCUT2D eigenvalue weighted by atomic mass is 28.4. The maximum Gasteiger partial charge on any atom is 0.320 e. The van der Waals surface area contributed by atoms with Crippen molar-refractivity contribution in [2.24, 2.45) is 0 Å². The summed E-state index contributed by atoms with van der Waals surface area (Å²) in [7, 11) is -0.817. The van der Waals surface area contributed by atoms with Crippen molar-refractivity contribution in [3.63, 3.8) is 0 Å². The number of rotatable bonds is 3. The summed E-state index contributed by atoms with van der Waals surface area (Å²) in [6, 6.07) is 0. The predicted octanol–water partition coefficient (Wildman–Crippen LogP) is 0.0217. The largest absolute Gasteiger partial charge is 0.445 e. The zero-order valence-corrected chi connectivity index (χ0v) is 9.02. The van der Waals surface area contributed by atoms with E-state index in [-0.39, 0.29) is 0 Å². The predicted molar refractivity (Wildman–Crippen MR) is 40.1 cm³/mol. The first-order valence-corrected chi connectivity index (χ1v) is 6.45. The Morgan fingerprint density at radius 1 is 1.50 bits per heavy atom. The molecule has 0 aromatic heterocycles. The molecule has 0 amide bonds. The molecule has 0 bridgehead atoms. The van der Waals surface area contributed by atoms with Crippen LogP contribution in [0.3, 0.4) is 0 Å². The molecule has 0 aliphatic heterocycles. The first-order chi connectivity index (χ1) is 3.62. The molecule has 0 saturated carbocycles. The van der Waals surface area contributed by atoms with E-state index in [1.165, 1.54) is 0 Å². The van der Waals surface area contributed by atoms with Crippen molar-refractivity contribution in [1.82, 2.24) is 0 Å². The fraction of sp³-hybridized carbons (Fsp3) is 1.00. The Kier molecular flexibility index (Phi) is 3.54. The van der Waals surface area contributed by atoms with E-state index >= 15 is 0 Å². The quantitative estimate of drug-likeness (QED) is 0.528. The molecule has 50 valence electrons. The van der Waals surface area contributed by atoms with Gasteiger partial charge in [0.15, 0.2) is 0 Å². The third-order valence-electron chi connectivity index (χ3n) is 0.984. The molecule has 0 aliphatic carbocycles. The summed E-state index contributed by atoms with van der Waals surface area (Å²) >= 11 is 0. The third kappa shape index (κ3) is 3.37. The van der Waals surface area contributed by atoms with Gasteiger partial charge in [-0.2, -0.15) is 0 Å². The van der Waals surface area contributed by atoms with Gasteiger partial charge in [0.2, 0.25) is 0 Å². The van der Waals surface area contributed by atoms with Crippen LogP contribution >= 0.6 is 0 Å². The van der Waals surface area contributed by atoms with Gasteiger partial charge in [0.1, 0.15) is 10.5 Å². The summed E-state index contributed by atoms with van der Waals surface area (Å²) < 4.78 is 10.6. The zero-order chi connectivity index (χ0) is 6.62. The summed E-state index contributed by atoms with van der Waals surface area (Å²) in [4.78, 5) is 0. The lowest BCUT2D eigenvalue weighted by atomic mass is 10.9. The molecule has 0 saturated heterocycles. The van der Waals surface area contributed by atoms with Crippen LogP contribution in [0.5, 0.6) is 0 Å². The van der Waals surface area contributed by atoms with Gasteiger partial charge < -0.3 is 8.54 Å². The minimum Gasteiger partial charge on any atom is -0.445 e. The molecule has 0 atom stereocenters. The normalized spacial score (nSPS) is 12.4. The topological polar surface area (TPSA) is 18.5 Å². The molecule has 0 aromatic carbocycles. The van der Waals surface area contributed by atoms with Crippen LogP contribution in [0.1, 0.15) is 6.92 Å². The van der Waals surface area contributed by atoms with Crippen LogP contribution in [0.15, 0.2) is 0 Å². The minimum absolute atomic E-state index is 0.779. The van der Waals surface area contributed by atoms with Gasteiger partial charge in [-0.25, -0.2) is 0 Å². The SMILES string of the molecule is CCO[Si](C)(C)O[SiH3]. The average molecular weight is 150 g/mol. The van der Waals surface area contributed by atoms with Crippen molar-refractivity contribution in [2.45, 2.75) is 20.0 Å². The molecular weight excluding hydrogens is 136 g/mol. The Morgan fingerprint density at radius 3 is 2.12 bits per heavy atom. The van der Waals surface area contributed by atoms with Crippen LogP contribution in [-0.2, 0) is 8.54 Å². The van der Waals surface area contributed by atoms with E-state index in [0.29, 0.717) is 0 Å². The molecule has 2 nitrogen and oxygen atoms in total. The fourth-order valence-corrected chi connectivity index (χ4v) is 1.57. The maximum absolute atomic E-state index is 5.33. The van der Waals surface area contributed by atoms with E-state index in [1.807, 2.05) is 6.92 Å². The van der Waals surface area contributed by atoms with Gasteiger partial charge in [0.25, 0.3) is 0 Å². The van der Waals surface area contributed by atoms with Crippen molar-refractivity contribution in [3.05, 3.63) is 0 Å². The van der Waals surface area contributed by atoms with Gasteiger partial charge in [-0.15, -0.1) is 0 Å². The monoisotopic (exact) mass is 150 g/mol. The van der Waals surface area contributed by atoms with Gasteiger partial charge in [0, 0.05) is 6.61 Å². The van der Waals surface area contributed by atoms with Gasteiger partial charge in [0.05, 0.1) is 0 Å². The molecule has 4 heteroatoms. The van der Waals surface area contributed by atoms with Crippen LogP contribution in [0.4, 0.5) is 0 Å². The van der Waals surface area contributed by atoms with Crippen molar-refractivity contribution < 1.29 is 8.54 Å². The zero-order valence-electron chi connectivity index (χ0n) is 6.02. The van der Waals surface area contributed by atoms with E-state index in [2.05, 4.69) is 13.1 Å².